The molecular formula is C15H23NO. The fourth-order valence-corrected chi connectivity index (χ4v) is 3.52. The molecule has 0 heterocycles. The highest BCUT2D eigenvalue weighted by Crippen LogP contribution is 2.48. The second-order valence-electron chi connectivity index (χ2n) is 5.77. The highest BCUT2D eigenvalue weighted by atomic mass is 16.3. The first-order valence-corrected chi connectivity index (χ1v) is 6.96. The number of allylic oxidation sites excluding steroid dienone is 2. The molecule has 0 bridgehead atoms. The van der Waals surface area contributed by atoms with Crippen molar-refractivity contribution >= 4 is 0 Å². The van der Waals surface area contributed by atoms with E-state index in [1.54, 1.807) is 0 Å². The third kappa shape index (κ3) is 2.40. The average molecular weight is 233 g/mol. The number of aliphatic hydroxyl groups is 1. The third-order valence-electron chi connectivity index (χ3n) is 4.77. The molecule has 17 heavy (non-hydrogen) atoms. The van der Waals surface area contributed by atoms with Crippen LogP contribution in [0.15, 0.2) is 12.2 Å². The number of nitriles is 1. The largest absolute Gasteiger partial charge is 0.391 e. The van der Waals surface area contributed by atoms with E-state index in [1.807, 2.05) is 0 Å². The van der Waals surface area contributed by atoms with Gasteiger partial charge in [-0.3, -0.25) is 0 Å². The van der Waals surface area contributed by atoms with E-state index < -0.39 is 11.5 Å². The van der Waals surface area contributed by atoms with Crippen LogP contribution in [-0.4, -0.2) is 11.2 Å². The summed E-state index contributed by atoms with van der Waals surface area (Å²) in [5.74, 6) is 0.943. The fraction of sp³-hybridized carbons (Fsp3) is 0.800. The zero-order valence-electron chi connectivity index (χ0n) is 10.7. The smallest absolute Gasteiger partial charge is 0.0837 e. The van der Waals surface area contributed by atoms with Gasteiger partial charge in [-0.05, 0) is 50.4 Å². The zero-order valence-corrected chi connectivity index (χ0v) is 10.7. The van der Waals surface area contributed by atoms with Gasteiger partial charge in [0.25, 0.3) is 0 Å². The normalized spacial score (nSPS) is 38.9. The number of hydrogen-bond donors (Lipinski definition) is 1. The number of hydrogen-bond acceptors (Lipinski definition) is 2. The summed E-state index contributed by atoms with van der Waals surface area (Å²) >= 11 is 0. The average Bonchev–Trinajstić information content (AvgIpc) is 2.84. The van der Waals surface area contributed by atoms with Gasteiger partial charge >= 0.3 is 0 Å². The van der Waals surface area contributed by atoms with E-state index in [1.165, 1.54) is 0 Å². The second-order valence-corrected chi connectivity index (χ2v) is 5.77. The van der Waals surface area contributed by atoms with E-state index in [-0.39, 0.29) is 0 Å². The van der Waals surface area contributed by atoms with E-state index in [0.29, 0.717) is 11.8 Å². The van der Waals surface area contributed by atoms with Crippen molar-refractivity contribution in [3.63, 3.8) is 0 Å². The molecule has 1 fully saturated rings. The maximum Gasteiger partial charge on any atom is 0.0837 e. The predicted molar refractivity (Wildman–Crippen MR) is 68.2 cm³/mol. The highest BCUT2D eigenvalue weighted by Gasteiger charge is 2.47. The lowest BCUT2D eigenvalue weighted by molar-refractivity contribution is 0.0103. The molecule has 0 aromatic carbocycles. The Morgan fingerprint density at radius 1 is 1.47 bits per heavy atom. The van der Waals surface area contributed by atoms with Crippen LogP contribution < -0.4 is 0 Å². The van der Waals surface area contributed by atoms with Gasteiger partial charge in [-0.15, -0.1) is 0 Å². The SMILES string of the molecule is CCC1CCC(C#N)(C(O)C2CC=CCC2)C1. The Kier molecular flexibility index (Phi) is 3.89. The summed E-state index contributed by atoms with van der Waals surface area (Å²) in [7, 11) is 0. The summed E-state index contributed by atoms with van der Waals surface area (Å²) in [5.41, 5.74) is -0.448. The molecule has 1 saturated carbocycles. The number of aliphatic hydroxyl groups excluding tert-OH is 1. The molecule has 1 N–H and O–H groups in total. The molecule has 0 radical (unpaired) electrons. The molecule has 4 unspecified atom stereocenters. The van der Waals surface area contributed by atoms with Gasteiger partial charge in [0.2, 0.25) is 0 Å². The lowest BCUT2D eigenvalue weighted by Crippen LogP contribution is -2.38. The van der Waals surface area contributed by atoms with Gasteiger partial charge in [-0.1, -0.05) is 25.5 Å². The van der Waals surface area contributed by atoms with Crippen LogP contribution in [0.1, 0.15) is 51.9 Å². The van der Waals surface area contributed by atoms with Gasteiger partial charge in [0, 0.05) is 0 Å². The molecule has 0 amide bonds. The van der Waals surface area contributed by atoms with Crippen LogP contribution >= 0.6 is 0 Å². The van der Waals surface area contributed by atoms with Crippen LogP contribution in [0, 0.1) is 28.6 Å². The monoisotopic (exact) mass is 233 g/mol. The van der Waals surface area contributed by atoms with Crippen LogP contribution in [0.25, 0.3) is 0 Å². The molecule has 0 spiro atoms. The zero-order chi connectivity index (χ0) is 12.3. The van der Waals surface area contributed by atoms with Crippen LogP contribution in [-0.2, 0) is 0 Å². The maximum absolute atomic E-state index is 10.6. The number of nitrogens with zero attached hydrogens (tertiary/aromatic N) is 1. The Morgan fingerprint density at radius 3 is 2.82 bits per heavy atom. The van der Waals surface area contributed by atoms with Crippen LogP contribution in [0.4, 0.5) is 0 Å². The summed E-state index contributed by atoms with van der Waals surface area (Å²) in [5, 5.41) is 20.1. The molecule has 2 aliphatic carbocycles. The molecule has 2 heteroatoms. The van der Waals surface area contributed by atoms with Crippen LogP contribution in [0.3, 0.4) is 0 Å². The molecule has 0 saturated heterocycles. The van der Waals surface area contributed by atoms with Gasteiger partial charge in [0.05, 0.1) is 17.6 Å². The topological polar surface area (TPSA) is 44.0 Å². The van der Waals surface area contributed by atoms with Crippen molar-refractivity contribution in [3.8, 4) is 6.07 Å². The molecule has 2 aliphatic rings. The van der Waals surface area contributed by atoms with E-state index in [0.717, 1.165) is 44.9 Å². The van der Waals surface area contributed by atoms with Crippen molar-refractivity contribution in [1.29, 1.82) is 5.26 Å². The van der Waals surface area contributed by atoms with E-state index in [9.17, 15) is 10.4 Å². The van der Waals surface area contributed by atoms with Gasteiger partial charge < -0.3 is 5.11 Å². The lowest BCUT2D eigenvalue weighted by Gasteiger charge is -2.34. The molecule has 2 nitrogen and oxygen atoms in total. The van der Waals surface area contributed by atoms with E-state index >= 15 is 0 Å². The van der Waals surface area contributed by atoms with Crippen LogP contribution in [0.5, 0.6) is 0 Å². The number of rotatable bonds is 3. The Labute approximate surface area is 104 Å². The van der Waals surface area contributed by atoms with Gasteiger partial charge in [-0.2, -0.15) is 5.26 Å². The minimum atomic E-state index is -0.448. The Balaban J connectivity index is 2.08. The van der Waals surface area contributed by atoms with Gasteiger partial charge in [0.1, 0.15) is 0 Å². The highest BCUT2D eigenvalue weighted by molar-refractivity contribution is 5.10. The minimum absolute atomic E-state index is 0.301. The van der Waals surface area contributed by atoms with Crippen molar-refractivity contribution in [3.05, 3.63) is 12.2 Å². The van der Waals surface area contributed by atoms with Crippen molar-refractivity contribution in [2.24, 2.45) is 17.3 Å². The van der Waals surface area contributed by atoms with Crippen LogP contribution in [0.2, 0.25) is 0 Å². The first-order chi connectivity index (χ1) is 8.22. The summed E-state index contributed by atoms with van der Waals surface area (Å²) in [4.78, 5) is 0. The quantitative estimate of drug-likeness (QED) is 0.759. The Morgan fingerprint density at radius 2 is 2.29 bits per heavy atom. The maximum atomic E-state index is 10.6. The van der Waals surface area contributed by atoms with E-state index in [4.69, 9.17) is 0 Å². The van der Waals surface area contributed by atoms with Crippen molar-refractivity contribution in [2.45, 2.75) is 58.0 Å². The Bertz CT molecular complexity index is 330. The van der Waals surface area contributed by atoms with Gasteiger partial charge in [-0.25, -0.2) is 0 Å². The van der Waals surface area contributed by atoms with Crippen molar-refractivity contribution in [2.75, 3.05) is 0 Å². The molecule has 2 rings (SSSR count). The van der Waals surface area contributed by atoms with Crippen molar-refractivity contribution in [1.82, 2.24) is 0 Å². The summed E-state index contributed by atoms with van der Waals surface area (Å²) in [6.07, 6.45) is 11.0. The minimum Gasteiger partial charge on any atom is -0.391 e. The summed E-state index contributed by atoms with van der Waals surface area (Å²) < 4.78 is 0. The second kappa shape index (κ2) is 5.23. The third-order valence-corrected chi connectivity index (χ3v) is 4.77. The molecule has 0 aromatic rings. The lowest BCUT2D eigenvalue weighted by atomic mass is 9.72. The molecule has 0 aromatic heterocycles. The molecule has 4 atom stereocenters. The predicted octanol–water partition coefficient (Wildman–Crippen LogP) is 3.42. The standard InChI is InChI=1S/C15H23NO/c1-2-12-8-9-15(10-12,11-16)14(17)13-6-4-3-5-7-13/h3-4,12-14,17H,2,5-10H2,1H3. The fourth-order valence-electron chi connectivity index (χ4n) is 3.52. The van der Waals surface area contributed by atoms with Gasteiger partial charge in [0.15, 0.2) is 0 Å². The summed E-state index contributed by atoms with van der Waals surface area (Å²) in [6.45, 7) is 2.19. The summed E-state index contributed by atoms with van der Waals surface area (Å²) in [6, 6.07) is 2.46. The Hall–Kier alpha value is -0.810. The van der Waals surface area contributed by atoms with Crippen molar-refractivity contribution < 1.29 is 5.11 Å². The first-order valence-electron chi connectivity index (χ1n) is 6.96. The molecule has 94 valence electrons. The van der Waals surface area contributed by atoms with E-state index in [2.05, 4.69) is 25.1 Å². The molecule has 0 aliphatic heterocycles. The molecular weight excluding hydrogens is 210 g/mol. The first kappa shape index (κ1) is 12.6.